The molecule has 2 aromatic carbocycles. The van der Waals surface area contributed by atoms with Gasteiger partial charge in [0.2, 0.25) is 5.91 Å². The van der Waals surface area contributed by atoms with Crippen LogP contribution >= 0.6 is 11.3 Å². The average molecular weight is 494 g/mol. The highest BCUT2D eigenvalue weighted by molar-refractivity contribution is 7.10. The zero-order valence-electron chi connectivity index (χ0n) is 19.6. The molecule has 3 aromatic rings. The summed E-state index contributed by atoms with van der Waals surface area (Å²) in [7, 11) is 1.61. The molecule has 0 unspecified atom stereocenters. The summed E-state index contributed by atoms with van der Waals surface area (Å²) in [6.45, 7) is 2.88. The van der Waals surface area contributed by atoms with E-state index in [1.807, 2.05) is 51.6 Å². The van der Waals surface area contributed by atoms with E-state index in [0.29, 0.717) is 50.6 Å². The van der Waals surface area contributed by atoms with E-state index in [1.54, 1.807) is 41.5 Å². The molecule has 0 aliphatic carbocycles. The molecule has 6 nitrogen and oxygen atoms in total. The van der Waals surface area contributed by atoms with Crippen molar-refractivity contribution in [1.29, 1.82) is 0 Å². The second kappa shape index (κ2) is 10.2. The van der Waals surface area contributed by atoms with Gasteiger partial charge in [0.1, 0.15) is 5.82 Å². The molecule has 0 bridgehead atoms. The molecular weight excluding hydrogens is 465 g/mol. The Kier molecular flexibility index (Phi) is 6.83. The number of thiophene rings is 1. The van der Waals surface area contributed by atoms with E-state index < -0.39 is 12.0 Å². The van der Waals surface area contributed by atoms with Gasteiger partial charge in [0.05, 0.1) is 24.3 Å². The molecule has 1 saturated heterocycles. The van der Waals surface area contributed by atoms with Crippen LogP contribution in [0.5, 0.6) is 0 Å². The third-order valence-corrected chi connectivity index (χ3v) is 7.80. The van der Waals surface area contributed by atoms with Crippen molar-refractivity contribution in [2.24, 2.45) is 0 Å². The first-order valence-corrected chi connectivity index (χ1v) is 12.7. The minimum absolute atomic E-state index is 0.000972. The molecule has 0 saturated carbocycles. The highest BCUT2D eigenvalue weighted by atomic mass is 32.1. The number of hydrogen-bond acceptors (Lipinski definition) is 5. The number of rotatable bonds is 6. The number of nitrogens with zero attached hydrogens (tertiary/aromatic N) is 3. The Morgan fingerprint density at radius 1 is 1.03 bits per heavy atom. The molecule has 35 heavy (non-hydrogen) atoms. The number of ether oxygens (including phenoxy) is 1. The predicted molar refractivity (Wildman–Crippen MR) is 134 cm³/mol. The van der Waals surface area contributed by atoms with Crippen LogP contribution in [0.4, 0.5) is 10.1 Å². The summed E-state index contributed by atoms with van der Waals surface area (Å²) in [4.78, 5) is 34.3. The van der Waals surface area contributed by atoms with Gasteiger partial charge in [-0.25, -0.2) is 4.39 Å². The largest absolute Gasteiger partial charge is 0.383 e. The Morgan fingerprint density at radius 3 is 2.49 bits per heavy atom. The van der Waals surface area contributed by atoms with Gasteiger partial charge in [0.15, 0.2) is 0 Å². The Labute approximate surface area is 208 Å². The van der Waals surface area contributed by atoms with Gasteiger partial charge in [-0.15, -0.1) is 11.3 Å². The summed E-state index contributed by atoms with van der Waals surface area (Å²) in [5, 5.41) is 1.98. The van der Waals surface area contributed by atoms with E-state index in [9.17, 15) is 14.0 Å². The van der Waals surface area contributed by atoms with Crippen molar-refractivity contribution in [3.05, 3.63) is 87.9 Å². The Bertz CT molecular complexity index is 1190. The molecule has 5 rings (SSSR count). The van der Waals surface area contributed by atoms with E-state index in [4.69, 9.17) is 4.74 Å². The molecule has 2 amide bonds. The summed E-state index contributed by atoms with van der Waals surface area (Å²) >= 11 is 1.56. The highest BCUT2D eigenvalue weighted by Crippen LogP contribution is 2.45. The summed E-state index contributed by atoms with van der Waals surface area (Å²) in [6, 6.07) is 17.7. The van der Waals surface area contributed by atoms with Gasteiger partial charge in [0.25, 0.3) is 5.91 Å². The molecule has 0 spiro atoms. The maximum absolute atomic E-state index is 14.3. The summed E-state index contributed by atoms with van der Waals surface area (Å²) in [5.74, 6) is -0.846. The van der Waals surface area contributed by atoms with Crippen LogP contribution in [0.3, 0.4) is 0 Å². The number of amides is 2. The lowest BCUT2D eigenvalue weighted by molar-refractivity contribution is -0.135. The minimum Gasteiger partial charge on any atom is -0.383 e. The van der Waals surface area contributed by atoms with Crippen LogP contribution in [0.1, 0.15) is 32.8 Å². The van der Waals surface area contributed by atoms with Crippen LogP contribution in [0.15, 0.2) is 66.0 Å². The molecule has 0 N–H and O–H groups in total. The molecule has 0 radical (unpaired) electrons. The number of hydrogen-bond donors (Lipinski definition) is 0. The van der Waals surface area contributed by atoms with Gasteiger partial charge in [0, 0.05) is 50.3 Å². The van der Waals surface area contributed by atoms with Crippen molar-refractivity contribution >= 4 is 28.8 Å². The second-order valence-corrected chi connectivity index (χ2v) is 9.76. The zero-order valence-corrected chi connectivity index (χ0v) is 20.4. The number of piperazine rings is 1. The lowest BCUT2D eigenvalue weighted by Crippen LogP contribution is -2.53. The standard InChI is InChI=1S/C27H28FN3O3S/c1-34-17-16-31-25(23-11-6-18-35-23)24(19-7-2-3-8-20(19)26(31)32)27(33)30-14-12-29(13-15-30)22-10-5-4-9-21(22)28/h2-11,18,24-25H,12-17H2,1H3/t24-,25-/m0/s1. The fourth-order valence-electron chi connectivity index (χ4n) is 5.14. The first kappa shape index (κ1) is 23.5. The van der Waals surface area contributed by atoms with Gasteiger partial charge >= 0.3 is 0 Å². The maximum Gasteiger partial charge on any atom is 0.254 e. The van der Waals surface area contributed by atoms with Gasteiger partial charge in [-0.1, -0.05) is 36.4 Å². The number of carbonyl (C=O) groups is 2. The number of methoxy groups -OCH3 is 1. The zero-order chi connectivity index (χ0) is 24.4. The van der Waals surface area contributed by atoms with Crippen molar-refractivity contribution in [3.8, 4) is 0 Å². The van der Waals surface area contributed by atoms with Gasteiger partial charge < -0.3 is 19.4 Å². The van der Waals surface area contributed by atoms with E-state index >= 15 is 0 Å². The average Bonchev–Trinajstić information content (AvgIpc) is 3.43. The van der Waals surface area contributed by atoms with Crippen molar-refractivity contribution in [1.82, 2.24) is 9.80 Å². The van der Waals surface area contributed by atoms with Crippen LogP contribution in [0, 0.1) is 5.82 Å². The molecule has 1 aromatic heterocycles. The third kappa shape index (κ3) is 4.44. The molecule has 1 fully saturated rings. The van der Waals surface area contributed by atoms with Gasteiger partial charge in [-0.2, -0.15) is 0 Å². The lowest BCUT2D eigenvalue weighted by Gasteiger charge is -2.44. The topological polar surface area (TPSA) is 53.1 Å². The molecule has 3 heterocycles. The maximum atomic E-state index is 14.3. The van der Waals surface area contributed by atoms with Crippen LogP contribution in [0.25, 0.3) is 0 Å². The van der Waals surface area contributed by atoms with E-state index in [0.717, 1.165) is 10.4 Å². The number of carbonyl (C=O) groups excluding carboxylic acids is 2. The van der Waals surface area contributed by atoms with E-state index in [1.165, 1.54) is 6.07 Å². The minimum atomic E-state index is -0.514. The SMILES string of the molecule is COCCN1C(=O)c2ccccc2[C@H](C(=O)N2CCN(c3ccccc3F)CC2)[C@@H]1c1cccs1. The summed E-state index contributed by atoms with van der Waals surface area (Å²) < 4.78 is 19.6. The van der Waals surface area contributed by atoms with Crippen LogP contribution in [-0.2, 0) is 9.53 Å². The number of halogens is 1. The normalized spacial score (nSPS) is 20.2. The molecule has 2 atom stereocenters. The summed E-state index contributed by atoms with van der Waals surface area (Å²) in [5.41, 5.74) is 1.90. The first-order valence-electron chi connectivity index (χ1n) is 11.8. The molecule has 2 aliphatic rings. The van der Waals surface area contributed by atoms with E-state index in [-0.39, 0.29) is 17.6 Å². The van der Waals surface area contributed by atoms with Gasteiger partial charge in [-0.3, -0.25) is 9.59 Å². The van der Waals surface area contributed by atoms with Crippen molar-refractivity contribution in [2.45, 2.75) is 12.0 Å². The Morgan fingerprint density at radius 2 is 1.77 bits per heavy atom. The molecular formula is C27H28FN3O3S. The number of fused-ring (bicyclic) bond motifs is 1. The number of anilines is 1. The second-order valence-electron chi connectivity index (χ2n) is 8.78. The van der Waals surface area contributed by atoms with Gasteiger partial charge in [-0.05, 0) is 35.2 Å². The quantitative estimate of drug-likeness (QED) is 0.518. The number of benzene rings is 2. The van der Waals surface area contributed by atoms with E-state index in [2.05, 4.69) is 0 Å². The van der Waals surface area contributed by atoms with Crippen molar-refractivity contribution in [2.75, 3.05) is 51.3 Å². The first-order chi connectivity index (χ1) is 17.1. The summed E-state index contributed by atoms with van der Waals surface area (Å²) in [6.07, 6.45) is 0. The fourth-order valence-corrected chi connectivity index (χ4v) is 6.02. The Balaban J connectivity index is 1.46. The molecule has 2 aliphatic heterocycles. The predicted octanol–water partition coefficient (Wildman–Crippen LogP) is 4.16. The molecule has 8 heteroatoms. The Hall–Kier alpha value is -3.23. The van der Waals surface area contributed by atoms with Crippen LogP contribution in [0.2, 0.25) is 0 Å². The molecule has 182 valence electrons. The monoisotopic (exact) mass is 493 g/mol. The lowest BCUT2D eigenvalue weighted by atomic mass is 9.81. The van der Waals surface area contributed by atoms with Crippen molar-refractivity contribution in [3.63, 3.8) is 0 Å². The number of para-hydroxylation sites is 1. The van der Waals surface area contributed by atoms with Crippen LogP contribution < -0.4 is 4.90 Å². The fraction of sp³-hybridized carbons (Fsp3) is 0.333. The highest BCUT2D eigenvalue weighted by Gasteiger charge is 2.46. The van der Waals surface area contributed by atoms with Crippen molar-refractivity contribution < 1.29 is 18.7 Å². The third-order valence-electron chi connectivity index (χ3n) is 6.86. The van der Waals surface area contributed by atoms with Crippen LogP contribution in [-0.4, -0.2) is 68.1 Å². The smallest absolute Gasteiger partial charge is 0.254 e.